The molecule has 0 saturated carbocycles. The van der Waals surface area contributed by atoms with Gasteiger partial charge in [0.1, 0.15) is 0 Å². The van der Waals surface area contributed by atoms with Gasteiger partial charge in [0, 0.05) is 35.5 Å². The topological polar surface area (TPSA) is 85.0 Å². The molecule has 1 heterocycles. The lowest BCUT2D eigenvalue weighted by atomic mass is 9.93. The van der Waals surface area contributed by atoms with Crippen molar-refractivity contribution in [3.8, 4) is 0 Å². The maximum atomic E-state index is 12.7. The minimum atomic E-state index is -0.496. The summed E-state index contributed by atoms with van der Waals surface area (Å²) in [6.45, 7) is 1.18. The molecule has 0 spiro atoms. The van der Waals surface area contributed by atoms with Crippen LogP contribution in [0.2, 0.25) is 0 Å². The summed E-state index contributed by atoms with van der Waals surface area (Å²) < 4.78 is 0. The monoisotopic (exact) mass is 328 g/mol. The molecular weight excluding hydrogens is 310 g/mol. The summed E-state index contributed by atoms with van der Waals surface area (Å²) in [6.07, 6.45) is 0.706. The number of hydrogen-bond donors (Lipinski definition) is 1. The molecule has 3 rings (SSSR count). The number of carbonyl (C=O) groups excluding carboxylic acids is 2. The normalized spacial score (nSPS) is 13.9. The molecule has 24 heavy (non-hydrogen) atoms. The van der Waals surface area contributed by atoms with Gasteiger partial charge >= 0.3 is 0 Å². The van der Waals surface area contributed by atoms with Crippen molar-refractivity contribution in [2.45, 2.75) is 6.42 Å². The van der Waals surface area contributed by atoms with Crippen molar-refractivity contribution >= 4 is 28.3 Å². The van der Waals surface area contributed by atoms with E-state index >= 15 is 0 Å². The lowest BCUT2D eigenvalue weighted by molar-refractivity contribution is -0.858. The molecule has 0 aromatic heterocycles. The van der Waals surface area contributed by atoms with Crippen molar-refractivity contribution in [2.75, 3.05) is 27.2 Å². The van der Waals surface area contributed by atoms with E-state index in [0.29, 0.717) is 34.9 Å². The first-order valence-electron chi connectivity index (χ1n) is 7.77. The number of benzene rings is 2. The predicted octanol–water partition coefficient (Wildman–Crippen LogP) is 0.879. The minimum absolute atomic E-state index is 0.0964. The quantitative estimate of drug-likeness (QED) is 0.501. The molecule has 7 heteroatoms. The molecule has 1 N–H and O–H groups in total. The van der Waals surface area contributed by atoms with Crippen molar-refractivity contribution in [3.63, 3.8) is 0 Å². The number of hydrogen-bond acceptors (Lipinski definition) is 4. The van der Waals surface area contributed by atoms with E-state index in [4.69, 9.17) is 0 Å². The molecule has 0 unspecified atom stereocenters. The summed E-state index contributed by atoms with van der Waals surface area (Å²) in [6, 6.07) is 7.59. The zero-order valence-corrected chi connectivity index (χ0v) is 13.5. The van der Waals surface area contributed by atoms with E-state index in [1.807, 2.05) is 14.1 Å². The van der Waals surface area contributed by atoms with E-state index in [9.17, 15) is 19.7 Å². The Morgan fingerprint density at radius 2 is 1.75 bits per heavy atom. The summed E-state index contributed by atoms with van der Waals surface area (Å²) in [5, 5.41) is 11.9. The molecule has 0 bridgehead atoms. The van der Waals surface area contributed by atoms with Gasteiger partial charge in [-0.05, 0) is 18.2 Å². The summed E-state index contributed by atoms with van der Waals surface area (Å²) in [5.41, 5.74) is 0.604. The molecule has 2 aromatic carbocycles. The van der Waals surface area contributed by atoms with Gasteiger partial charge in [-0.2, -0.15) is 0 Å². The predicted molar refractivity (Wildman–Crippen MR) is 88.3 cm³/mol. The van der Waals surface area contributed by atoms with Gasteiger partial charge in [0.05, 0.1) is 30.9 Å². The zero-order chi connectivity index (χ0) is 17.4. The third kappa shape index (κ3) is 2.52. The van der Waals surface area contributed by atoms with Gasteiger partial charge in [0.25, 0.3) is 17.5 Å². The van der Waals surface area contributed by atoms with Gasteiger partial charge in [-0.15, -0.1) is 0 Å². The van der Waals surface area contributed by atoms with Crippen LogP contribution in [0.25, 0.3) is 10.8 Å². The third-order valence-corrected chi connectivity index (χ3v) is 4.22. The molecule has 0 atom stereocenters. The van der Waals surface area contributed by atoms with Crippen LogP contribution in [0.4, 0.5) is 5.69 Å². The van der Waals surface area contributed by atoms with Crippen molar-refractivity contribution in [1.29, 1.82) is 0 Å². The molecular formula is C17H18N3O4+. The molecule has 0 fully saturated rings. The Morgan fingerprint density at radius 3 is 2.38 bits per heavy atom. The summed E-state index contributed by atoms with van der Waals surface area (Å²) in [5.74, 6) is -0.764. The molecule has 1 aliphatic rings. The third-order valence-electron chi connectivity index (χ3n) is 4.22. The van der Waals surface area contributed by atoms with E-state index in [1.54, 1.807) is 18.2 Å². The number of amides is 2. The van der Waals surface area contributed by atoms with E-state index in [0.717, 1.165) is 6.54 Å². The highest BCUT2D eigenvalue weighted by atomic mass is 16.6. The molecule has 124 valence electrons. The molecule has 0 radical (unpaired) electrons. The average molecular weight is 328 g/mol. The van der Waals surface area contributed by atoms with Gasteiger partial charge in [0.2, 0.25) is 0 Å². The first kappa shape index (κ1) is 16.1. The fraction of sp³-hybridized carbons (Fsp3) is 0.294. The van der Waals surface area contributed by atoms with E-state index in [-0.39, 0.29) is 17.5 Å². The largest absolute Gasteiger partial charge is 0.340 e. The van der Waals surface area contributed by atoms with Gasteiger partial charge < -0.3 is 4.90 Å². The van der Waals surface area contributed by atoms with Gasteiger partial charge in [-0.1, -0.05) is 6.07 Å². The fourth-order valence-electron chi connectivity index (χ4n) is 3.08. The van der Waals surface area contributed by atoms with Crippen LogP contribution in [-0.2, 0) is 0 Å². The number of non-ortho nitro benzene ring substituents is 1. The van der Waals surface area contributed by atoms with Crippen molar-refractivity contribution < 1.29 is 19.4 Å². The van der Waals surface area contributed by atoms with E-state index in [2.05, 4.69) is 0 Å². The van der Waals surface area contributed by atoms with Crippen LogP contribution in [0, 0.1) is 10.1 Å². The number of nitro groups is 1. The van der Waals surface area contributed by atoms with Crippen LogP contribution in [0.5, 0.6) is 0 Å². The van der Waals surface area contributed by atoms with Crippen LogP contribution < -0.4 is 4.90 Å². The Labute approximate surface area is 138 Å². The second kappa shape index (κ2) is 6.01. The Hall–Kier alpha value is -2.80. The van der Waals surface area contributed by atoms with Crippen LogP contribution in [-0.4, -0.2) is 48.8 Å². The van der Waals surface area contributed by atoms with Crippen LogP contribution in [0.3, 0.4) is 0 Å². The van der Waals surface area contributed by atoms with E-state index < -0.39 is 4.92 Å². The Morgan fingerprint density at radius 1 is 1.08 bits per heavy atom. The standard InChI is InChI=1S/C17H17N3O4/c1-18(2)9-4-10-19-16(21)12-6-3-5-11-14(20(23)24)8-7-13(15(11)12)17(19)22/h3,5-8H,4,9-10H2,1-2H3/p+1. The maximum Gasteiger partial charge on any atom is 0.277 e. The Kier molecular flexibility index (Phi) is 4.02. The number of imide groups is 1. The van der Waals surface area contributed by atoms with Gasteiger partial charge in [-0.25, -0.2) is 0 Å². The highest BCUT2D eigenvalue weighted by Crippen LogP contribution is 2.35. The highest BCUT2D eigenvalue weighted by molar-refractivity contribution is 6.26. The van der Waals surface area contributed by atoms with Crippen LogP contribution in [0.15, 0.2) is 30.3 Å². The fourth-order valence-corrected chi connectivity index (χ4v) is 3.08. The Bertz CT molecular complexity index is 838. The highest BCUT2D eigenvalue weighted by Gasteiger charge is 2.34. The first-order valence-corrected chi connectivity index (χ1v) is 7.77. The lowest BCUT2D eigenvalue weighted by Gasteiger charge is -2.27. The molecule has 2 amide bonds. The number of nitrogens with zero attached hydrogens (tertiary/aromatic N) is 2. The Balaban J connectivity index is 2.08. The number of carbonyl (C=O) groups is 2. The minimum Gasteiger partial charge on any atom is -0.340 e. The van der Waals surface area contributed by atoms with Crippen molar-refractivity contribution in [3.05, 3.63) is 51.6 Å². The van der Waals surface area contributed by atoms with Crippen molar-refractivity contribution in [1.82, 2.24) is 4.90 Å². The van der Waals surface area contributed by atoms with Crippen LogP contribution >= 0.6 is 0 Å². The maximum absolute atomic E-state index is 12.7. The second-order valence-corrected chi connectivity index (χ2v) is 6.19. The molecule has 0 aliphatic carbocycles. The van der Waals surface area contributed by atoms with Crippen molar-refractivity contribution in [2.24, 2.45) is 0 Å². The lowest BCUT2D eigenvalue weighted by Crippen LogP contribution is -3.05. The SMILES string of the molecule is C[NH+](C)CCCN1C(=O)c2cccc3c([N+](=O)[O-])ccc(c23)C1=O. The molecule has 7 nitrogen and oxygen atoms in total. The summed E-state index contributed by atoms with van der Waals surface area (Å²) >= 11 is 0. The second-order valence-electron chi connectivity index (χ2n) is 6.19. The van der Waals surface area contributed by atoms with E-state index in [1.165, 1.54) is 21.9 Å². The van der Waals surface area contributed by atoms with Gasteiger partial charge in [0.15, 0.2) is 0 Å². The number of nitro benzene ring substituents is 1. The average Bonchev–Trinajstić information content (AvgIpc) is 2.54. The number of nitrogens with one attached hydrogen (secondary N) is 1. The van der Waals surface area contributed by atoms with Gasteiger partial charge in [-0.3, -0.25) is 24.6 Å². The summed E-state index contributed by atoms with van der Waals surface area (Å²) in [4.78, 5) is 38.6. The van der Waals surface area contributed by atoms with Crippen LogP contribution in [0.1, 0.15) is 27.1 Å². The smallest absolute Gasteiger partial charge is 0.277 e. The summed E-state index contributed by atoms with van der Waals surface area (Å²) in [7, 11) is 4.02. The number of quaternary nitrogens is 1. The molecule has 2 aromatic rings. The first-order chi connectivity index (χ1) is 11.4. The molecule has 1 aliphatic heterocycles. The zero-order valence-electron chi connectivity index (χ0n) is 13.5. The number of rotatable bonds is 5. The molecule has 0 saturated heterocycles.